The summed E-state index contributed by atoms with van der Waals surface area (Å²) >= 11 is 7.19. The van der Waals surface area contributed by atoms with Crippen molar-refractivity contribution in [1.82, 2.24) is 20.5 Å². The highest BCUT2D eigenvalue weighted by atomic mass is 32.1. The second kappa shape index (κ2) is 22.4. The molecule has 390 valence electrons. The van der Waals surface area contributed by atoms with Crippen LogP contribution in [0.15, 0.2) is 96.5 Å². The molecule has 4 aromatic carbocycles. The minimum atomic E-state index is -4.83. The van der Waals surface area contributed by atoms with Crippen molar-refractivity contribution in [3.8, 4) is 33.4 Å². The Bertz CT molecular complexity index is 2920. The lowest BCUT2D eigenvalue weighted by Crippen LogP contribution is -2.58. The van der Waals surface area contributed by atoms with Crippen molar-refractivity contribution in [2.45, 2.75) is 96.6 Å². The van der Waals surface area contributed by atoms with Crippen molar-refractivity contribution in [2.75, 3.05) is 36.2 Å². The van der Waals surface area contributed by atoms with Crippen LogP contribution in [0.5, 0.6) is 5.75 Å². The molecule has 0 radical (unpaired) electrons. The normalized spacial score (nSPS) is 18.0. The highest BCUT2D eigenvalue weighted by molar-refractivity contribution is 7.81. The topological polar surface area (TPSA) is 218 Å². The number of aryl methyl sites for hydroxylation is 1. The van der Waals surface area contributed by atoms with Gasteiger partial charge in [0.25, 0.3) is 5.91 Å². The van der Waals surface area contributed by atoms with Gasteiger partial charge in [-0.15, -0.1) is 11.3 Å². The number of carbonyl (C=O) groups is 4. The zero-order chi connectivity index (χ0) is 53.9. The molecule has 7 rings (SSSR count). The number of nitrogens with zero attached hydrogens (tertiary/aromatic N) is 5. The summed E-state index contributed by atoms with van der Waals surface area (Å²) in [5, 5.41) is 46.6. The van der Waals surface area contributed by atoms with E-state index in [0.29, 0.717) is 11.4 Å². The van der Waals surface area contributed by atoms with Crippen LogP contribution in [0, 0.1) is 23.7 Å². The van der Waals surface area contributed by atoms with Crippen LogP contribution >= 0.6 is 23.6 Å². The van der Waals surface area contributed by atoms with Gasteiger partial charge in [-0.25, -0.2) is 4.98 Å². The van der Waals surface area contributed by atoms with Gasteiger partial charge in [0.05, 0.1) is 51.7 Å². The molecule has 2 aliphatic heterocycles. The zero-order valence-corrected chi connectivity index (χ0v) is 43.0. The fourth-order valence-electron chi connectivity index (χ4n) is 8.67. The number of halogens is 3. The van der Waals surface area contributed by atoms with Crippen molar-refractivity contribution in [3.63, 3.8) is 0 Å². The minimum Gasteiger partial charge on any atom is -0.491 e. The Balaban J connectivity index is 0.870. The van der Waals surface area contributed by atoms with E-state index >= 15 is 0 Å². The first-order chi connectivity index (χ1) is 34.9. The number of rotatable bonds is 17. The molecule has 0 aliphatic carbocycles. The monoisotopic (exact) mass is 1060 g/mol. The largest absolute Gasteiger partial charge is 0.491 e. The Kier molecular flexibility index (Phi) is 16.6. The number of aliphatic hydroxyl groups excluding tert-OH is 3. The number of ether oxygens (including phenoxy) is 2. The van der Waals surface area contributed by atoms with Gasteiger partial charge in [0.1, 0.15) is 48.8 Å². The van der Waals surface area contributed by atoms with Crippen molar-refractivity contribution >= 4 is 63.7 Å². The third kappa shape index (κ3) is 12.2. The molecular formula is C53H56F3N7O9S2. The van der Waals surface area contributed by atoms with E-state index in [-0.39, 0.29) is 36.9 Å². The standard InChI is InChI=1S/C53H56F3N7O9S2/c1-30-45(74-29-59-30)34-9-7-31(8-10-34)24-58-47(68)41-22-38(64)25-61(41)48(69)46(51(2,3)4)60-44(67)28-71-26-42(65)43(66)27-72-39-19-14-33(15-20-39)32-11-16-36(17-12-32)63-50(73)62(49(70)52(63,5)6)37-18-13-35(23-57)40(21-37)53(54,55)56/h7-21,29,38,41-43,46,64-66H,22,24-28H2,1-6H3,(H,58,68)(H,60,67)/t38-,41+,42+,43+,46-/m1/s1. The van der Waals surface area contributed by atoms with Gasteiger partial charge in [-0.2, -0.15) is 18.4 Å². The number of benzene rings is 4. The number of amides is 4. The lowest BCUT2D eigenvalue weighted by molar-refractivity contribution is -0.145. The molecule has 0 saturated carbocycles. The number of likely N-dealkylation sites (tertiary alicyclic amines) is 1. The molecule has 2 aliphatic rings. The maximum Gasteiger partial charge on any atom is 0.417 e. The molecule has 0 spiro atoms. The summed E-state index contributed by atoms with van der Waals surface area (Å²) in [6.07, 6.45) is -8.63. The molecular weight excluding hydrogens is 1000 g/mol. The van der Waals surface area contributed by atoms with Crippen LogP contribution in [0.3, 0.4) is 0 Å². The maximum absolute atomic E-state index is 14.0. The van der Waals surface area contributed by atoms with Crippen molar-refractivity contribution < 1.29 is 57.1 Å². The van der Waals surface area contributed by atoms with Gasteiger partial charge in [-0.1, -0.05) is 69.3 Å². The SMILES string of the molecule is Cc1ncsc1-c1ccc(CNC(=O)[C@@H]2C[C@@H](O)CN2C(=O)[C@@H](NC(=O)COC[C@H](O)[C@@H](O)COc2ccc(-c3ccc(N4C(=S)N(c5ccc(C#N)c(C(F)(F)F)c5)C(=O)C4(C)C)cc3)cc2)C(C)(C)C)cc1. The van der Waals surface area contributed by atoms with E-state index in [1.54, 1.807) is 105 Å². The number of anilines is 2. The molecule has 2 saturated heterocycles. The van der Waals surface area contributed by atoms with Crippen LogP contribution in [0.1, 0.15) is 63.4 Å². The molecule has 5 N–H and O–H groups in total. The number of thiazole rings is 1. The van der Waals surface area contributed by atoms with Gasteiger partial charge in [0.15, 0.2) is 5.11 Å². The van der Waals surface area contributed by atoms with Gasteiger partial charge in [0, 0.05) is 25.2 Å². The van der Waals surface area contributed by atoms with Crippen LogP contribution < -0.4 is 25.2 Å². The van der Waals surface area contributed by atoms with Gasteiger partial charge >= 0.3 is 6.18 Å². The van der Waals surface area contributed by atoms with Crippen LogP contribution in [-0.4, -0.2) is 116 Å². The summed E-state index contributed by atoms with van der Waals surface area (Å²) < 4.78 is 52.5. The van der Waals surface area contributed by atoms with E-state index in [4.69, 9.17) is 21.7 Å². The number of nitrogens with one attached hydrogen (secondary N) is 2. The average molecular weight is 1060 g/mol. The smallest absolute Gasteiger partial charge is 0.417 e. The maximum atomic E-state index is 14.0. The molecule has 3 heterocycles. The van der Waals surface area contributed by atoms with Crippen molar-refractivity contribution in [1.29, 1.82) is 5.26 Å². The number of hydrogen-bond donors (Lipinski definition) is 5. The summed E-state index contributed by atoms with van der Waals surface area (Å²) in [6.45, 7) is 9.15. The quantitative estimate of drug-likeness (QED) is 0.0628. The zero-order valence-electron chi connectivity index (χ0n) is 41.3. The second-order valence-corrected chi connectivity index (χ2v) is 20.9. The Morgan fingerprint density at radius 3 is 2.14 bits per heavy atom. The molecule has 5 aromatic rings. The summed E-state index contributed by atoms with van der Waals surface area (Å²) in [5.41, 5.74) is 2.65. The Morgan fingerprint density at radius 2 is 1.54 bits per heavy atom. The average Bonchev–Trinajstić information content (AvgIpc) is 4.03. The van der Waals surface area contributed by atoms with Crippen molar-refractivity contribution in [2.24, 2.45) is 5.41 Å². The van der Waals surface area contributed by atoms with Crippen LogP contribution in [0.4, 0.5) is 24.5 Å². The number of carbonyl (C=O) groups excluding carboxylic acids is 4. The van der Waals surface area contributed by atoms with Gasteiger partial charge in [-0.05, 0) is 103 Å². The first-order valence-electron chi connectivity index (χ1n) is 23.5. The van der Waals surface area contributed by atoms with Gasteiger partial charge in [-0.3, -0.25) is 24.1 Å². The molecule has 0 unspecified atom stereocenters. The lowest BCUT2D eigenvalue weighted by atomic mass is 9.85. The lowest BCUT2D eigenvalue weighted by Gasteiger charge is -2.35. The van der Waals surface area contributed by atoms with Crippen molar-refractivity contribution in [3.05, 3.63) is 119 Å². The number of β-amino-alcohol motifs (C(OH)–C–C–N with tert-alkyl or cyclic N) is 1. The number of thiocarbonyl (C=S) groups is 1. The summed E-state index contributed by atoms with van der Waals surface area (Å²) in [7, 11) is 0. The van der Waals surface area contributed by atoms with Crippen LogP contribution in [0.25, 0.3) is 21.6 Å². The summed E-state index contributed by atoms with van der Waals surface area (Å²) in [4.78, 5) is 63.5. The first kappa shape index (κ1) is 55.0. The van der Waals surface area contributed by atoms with Gasteiger partial charge in [0.2, 0.25) is 17.7 Å². The molecule has 21 heteroatoms. The predicted octanol–water partition coefficient (Wildman–Crippen LogP) is 6.52. The van der Waals surface area contributed by atoms with Crippen LogP contribution in [0.2, 0.25) is 0 Å². The molecule has 16 nitrogen and oxygen atoms in total. The fourth-order valence-corrected chi connectivity index (χ4v) is 10.00. The highest BCUT2D eigenvalue weighted by Gasteiger charge is 2.51. The summed E-state index contributed by atoms with van der Waals surface area (Å²) in [5.74, 6) is -1.86. The Hall–Kier alpha value is -6.80. The number of hydrogen-bond acceptors (Lipinski definition) is 13. The van der Waals surface area contributed by atoms with E-state index in [2.05, 4.69) is 15.6 Å². The first-order valence-corrected chi connectivity index (χ1v) is 24.8. The number of aliphatic hydroxyl groups is 3. The van der Waals surface area contributed by atoms with E-state index < -0.39 is 95.5 Å². The third-order valence-electron chi connectivity index (χ3n) is 12.8. The number of nitriles is 1. The summed E-state index contributed by atoms with van der Waals surface area (Å²) in [6, 6.07) is 24.0. The predicted molar refractivity (Wildman–Crippen MR) is 275 cm³/mol. The Morgan fingerprint density at radius 1 is 0.932 bits per heavy atom. The number of aromatic nitrogens is 1. The number of alkyl halides is 3. The van der Waals surface area contributed by atoms with E-state index in [0.717, 1.165) is 49.9 Å². The molecule has 74 heavy (non-hydrogen) atoms. The minimum absolute atomic E-state index is 0.0233. The fraction of sp³-hybridized carbons (Fsp3) is 0.377. The van der Waals surface area contributed by atoms with Gasteiger partial charge < -0.3 is 45.2 Å². The molecule has 5 atom stereocenters. The molecule has 2 fully saturated rings. The molecule has 1 aromatic heterocycles. The van der Waals surface area contributed by atoms with E-state index in [9.17, 15) is 52.9 Å². The third-order valence-corrected chi connectivity index (χ3v) is 14.1. The molecule has 0 bridgehead atoms. The Labute approximate surface area is 435 Å². The van der Waals surface area contributed by atoms with E-state index in [1.165, 1.54) is 17.0 Å². The van der Waals surface area contributed by atoms with Crippen LogP contribution in [-0.2, 0) is 36.6 Å². The van der Waals surface area contributed by atoms with E-state index in [1.807, 2.05) is 31.2 Å². The second-order valence-electron chi connectivity index (χ2n) is 19.6. The highest BCUT2D eigenvalue weighted by Crippen LogP contribution is 2.40. The molecule has 4 amide bonds.